The predicted octanol–water partition coefficient (Wildman–Crippen LogP) is 4.87. The highest BCUT2D eigenvalue weighted by Gasteiger charge is 2.16. The van der Waals surface area contributed by atoms with Gasteiger partial charge in [0.25, 0.3) is 0 Å². The summed E-state index contributed by atoms with van der Waals surface area (Å²) in [5, 5.41) is 17.8. The van der Waals surface area contributed by atoms with Crippen LogP contribution in [0.1, 0.15) is 56.9 Å². The fourth-order valence-corrected chi connectivity index (χ4v) is 3.81. The van der Waals surface area contributed by atoms with Gasteiger partial charge in [0.05, 0.1) is 12.3 Å². The summed E-state index contributed by atoms with van der Waals surface area (Å²) in [7, 11) is 0. The molecular formula is C20H30O4S. The van der Waals surface area contributed by atoms with E-state index in [1.54, 1.807) is 0 Å². The number of hydrogen-bond acceptors (Lipinski definition) is 3. The highest BCUT2D eigenvalue weighted by molar-refractivity contribution is 7.99. The summed E-state index contributed by atoms with van der Waals surface area (Å²) in [5.74, 6) is -0.936. The molecule has 4 nitrogen and oxygen atoms in total. The van der Waals surface area contributed by atoms with Gasteiger partial charge in [-0.15, -0.1) is 0 Å². The van der Waals surface area contributed by atoms with Crippen LogP contribution in [0.4, 0.5) is 0 Å². The Labute approximate surface area is 155 Å². The second-order valence-electron chi connectivity index (χ2n) is 6.40. The number of carboxylic acids is 2. The maximum atomic E-state index is 11.2. The molecule has 1 unspecified atom stereocenters. The third-order valence-electron chi connectivity index (χ3n) is 4.24. The molecule has 0 spiro atoms. The standard InChI is InChI=1S/C20H30O4S/c21-19(22)14-15-25-16-18(20(23)24)13-9-4-2-1-3-6-10-17-11-7-5-8-12-17/h5,7-8,11-12,18H,1-4,6,9-10,13-16H2,(H,21,22)(H,23,24). The zero-order chi connectivity index (χ0) is 18.3. The van der Waals surface area contributed by atoms with Crippen molar-refractivity contribution >= 4 is 23.7 Å². The van der Waals surface area contributed by atoms with E-state index in [-0.39, 0.29) is 12.3 Å². The molecule has 0 radical (unpaired) electrons. The number of unbranched alkanes of at least 4 members (excludes halogenated alkanes) is 5. The van der Waals surface area contributed by atoms with Crippen LogP contribution in [-0.4, -0.2) is 33.7 Å². The van der Waals surface area contributed by atoms with Gasteiger partial charge in [-0.3, -0.25) is 9.59 Å². The zero-order valence-corrected chi connectivity index (χ0v) is 15.7. The Bertz CT molecular complexity index is 490. The minimum Gasteiger partial charge on any atom is -0.481 e. The number of rotatable bonds is 15. The van der Waals surface area contributed by atoms with E-state index in [0.717, 1.165) is 25.7 Å². The molecule has 140 valence electrons. The maximum Gasteiger partial charge on any atom is 0.307 e. The first kappa shape index (κ1) is 21.6. The van der Waals surface area contributed by atoms with E-state index >= 15 is 0 Å². The Balaban J connectivity index is 2.00. The molecule has 1 rings (SSSR count). The van der Waals surface area contributed by atoms with E-state index in [9.17, 15) is 14.7 Å². The number of hydrogen-bond donors (Lipinski definition) is 2. The van der Waals surface area contributed by atoms with Gasteiger partial charge < -0.3 is 10.2 Å². The van der Waals surface area contributed by atoms with Crippen LogP contribution >= 0.6 is 11.8 Å². The van der Waals surface area contributed by atoms with Crippen molar-refractivity contribution < 1.29 is 19.8 Å². The lowest BCUT2D eigenvalue weighted by Crippen LogP contribution is -2.16. The van der Waals surface area contributed by atoms with Gasteiger partial charge in [-0.1, -0.05) is 62.4 Å². The van der Waals surface area contributed by atoms with Crippen molar-refractivity contribution in [3.05, 3.63) is 35.9 Å². The van der Waals surface area contributed by atoms with Gasteiger partial charge in [0.15, 0.2) is 0 Å². The number of benzene rings is 1. The summed E-state index contributed by atoms with van der Waals surface area (Å²) in [6.07, 6.45) is 8.74. The van der Waals surface area contributed by atoms with Crippen molar-refractivity contribution in [2.75, 3.05) is 11.5 Å². The van der Waals surface area contributed by atoms with Crippen LogP contribution in [0.2, 0.25) is 0 Å². The average Bonchev–Trinajstić information content (AvgIpc) is 2.59. The van der Waals surface area contributed by atoms with Crippen molar-refractivity contribution in [1.82, 2.24) is 0 Å². The van der Waals surface area contributed by atoms with E-state index in [2.05, 4.69) is 24.3 Å². The lowest BCUT2D eigenvalue weighted by atomic mass is 10.0. The quantitative estimate of drug-likeness (QED) is 0.433. The van der Waals surface area contributed by atoms with Gasteiger partial charge >= 0.3 is 11.9 Å². The van der Waals surface area contributed by atoms with Crippen molar-refractivity contribution in [3.8, 4) is 0 Å². The Hall–Kier alpha value is -1.49. The summed E-state index contributed by atoms with van der Waals surface area (Å²) in [5.41, 5.74) is 1.40. The van der Waals surface area contributed by atoms with E-state index in [1.807, 2.05) is 6.07 Å². The van der Waals surface area contributed by atoms with Crippen molar-refractivity contribution in [2.45, 2.75) is 57.8 Å². The van der Waals surface area contributed by atoms with Crippen molar-refractivity contribution in [3.63, 3.8) is 0 Å². The van der Waals surface area contributed by atoms with Crippen molar-refractivity contribution in [2.24, 2.45) is 5.92 Å². The molecule has 1 aromatic carbocycles. The average molecular weight is 367 g/mol. The highest BCUT2D eigenvalue weighted by Crippen LogP contribution is 2.18. The molecule has 0 heterocycles. The lowest BCUT2D eigenvalue weighted by molar-refractivity contribution is -0.141. The summed E-state index contributed by atoms with van der Waals surface area (Å²) < 4.78 is 0. The first-order valence-electron chi connectivity index (χ1n) is 9.16. The van der Waals surface area contributed by atoms with E-state index in [1.165, 1.54) is 36.6 Å². The Morgan fingerprint density at radius 1 is 0.920 bits per heavy atom. The number of aliphatic carboxylic acids is 2. The maximum absolute atomic E-state index is 11.2. The Morgan fingerprint density at radius 2 is 1.56 bits per heavy atom. The molecule has 25 heavy (non-hydrogen) atoms. The molecule has 0 aliphatic carbocycles. The fourth-order valence-electron chi connectivity index (χ4n) is 2.73. The van der Waals surface area contributed by atoms with Crippen LogP contribution in [0.3, 0.4) is 0 Å². The second-order valence-corrected chi connectivity index (χ2v) is 7.55. The predicted molar refractivity (Wildman–Crippen MR) is 103 cm³/mol. The summed E-state index contributed by atoms with van der Waals surface area (Å²) in [6, 6.07) is 10.5. The highest BCUT2D eigenvalue weighted by atomic mass is 32.2. The molecule has 0 aromatic heterocycles. The Kier molecular flexibility index (Phi) is 11.9. The first-order valence-corrected chi connectivity index (χ1v) is 10.3. The number of carbonyl (C=O) groups is 2. The molecular weight excluding hydrogens is 336 g/mol. The van der Waals surface area contributed by atoms with E-state index in [0.29, 0.717) is 17.9 Å². The van der Waals surface area contributed by atoms with E-state index in [4.69, 9.17) is 5.11 Å². The molecule has 0 aliphatic heterocycles. The molecule has 1 aromatic rings. The molecule has 0 fully saturated rings. The van der Waals surface area contributed by atoms with Gasteiger partial charge in [0, 0.05) is 11.5 Å². The van der Waals surface area contributed by atoms with Gasteiger partial charge in [-0.2, -0.15) is 11.8 Å². The molecule has 1 atom stereocenters. The molecule has 0 amide bonds. The lowest BCUT2D eigenvalue weighted by Gasteiger charge is -2.11. The Morgan fingerprint density at radius 3 is 2.20 bits per heavy atom. The molecule has 0 aliphatic rings. The number of thioether (sulfide) groups is 1. The van der Waals surface area contributed by atoms with Crippen molar-refractivity contribution in [1.29, 1.82) is 0 Å². The number of carboxylic acid groups (broad SMARTS) is 2. The molecule has 0 bridgehead atoms. The van der Waals surface area contributed by atoms with Gasteiger partial charge in [0.1, 0.15) is 0 Å². The molecule has 0 saturated heterocycles. The first-order chi connectivity index (χ1) is 12.1. The van der Waals surface area contributed by atoms with Crippen LogP contribution in [0.25, 0.3) is 0 Å². The summed E-state index contributed by atoms with van der Waals surface area (Å²) >= 11 is 1.43. The van der Waals surface area contributed by atoms with Crippen LogP contribution < -0.4 is 0 Å². The fraction of sp³-hybridized carbons (Fsp3) is 0.600. The topological polar surface area (TPSA) is 74.6 Å². The normalized spacial score (nSPS) is 12.0. The molecule has 5 heteroatoms. The smallest absolute Gasteiger partial charge is 0.307 e. The SMILES string of the molecule is O=C(O)CCSCC(CCCCCCCCc1ccccc1)C(=O)O. The van der Waals surface area contributed by atoms with Crippen LogP contribution in [-0.2, 0) is 16.0 Å². The van der Waals surface area contributed by atoms with Crippen LogP contribution in [0, 0.1) is 5.92 Å². The summed E-state index contributed by atoms with van der Waals surface area (Å²) in [6.45, 7) is 0. The summed E-state index contributed by atoms with van der Waals surface area (Å²) in [4.78, 5) is 21.7. The third kappa shape index (κ3) is 11.6. The zero-order valence-electron chi connectivity index (χ0n) is 14.9. The molecule has 2 N–H and O–H groups in total. The van der Waals surface area contributed by atoms with E-state index < -0.39 is 11.9 Å². The van der Waals surface area contributed by atoms with Crippen LogP contribution in [0.5, 0.6) is 0 Å². The van der Waals surface area contributed by atoms with Gasteiger partial charge in [-0.05, 0) is 24.8 Å². The third-order valence-corrected chi connectivity index (χ3v) is 5.37. The minimum absolute atomic E-state index is 0.0972. The molecule has 0 saturated carbocycles. The minimum atomic E-state index is -0.827. The number of aryl methyl sites for hydroxylation is 1. The second kappa shape index (κ2) is 13.8. The van der Waals surface area contributed by atoms with Gasteiger partial charge in [0.2, 0.25) is 0 Å². The largest absolute Gasteiger partial charge is 0.481 e. The van der Waals surface area contributed by atoms with Crippen LogP contribution in [0.15, 0.2) is 30.3 Å². The van der Waals surface area contributed by atoms with Gasteiger partial charge in [-0.25, -0.2) is 0 Å². The monoisotopic (exact) mass is 366 g/mol.